The lowest BCUT2D eigenvalue weighted by Gasteiger charge is -2.34. The van der Waals surface area contributed by atoms with Gasteiger partial charge in [-0.2, -0.15) is 0 Å². The molecule has 142 valence electrons. The molecule has 2 unspecified atom stereocenters. The first-order valence-electron chi connectivity index (χ1n) is 8.89. The first-order valence-corrected chi connectivity index (χ1v) is 10.7. The van der Waals surface area contributed by atoms with Gasteiger partial charge in [0.05, 0.1) is 11.5 Å². The van der Waals surface area contributed by atoms with Crippen LogP contribution >= 0.6 is 24.0 Å². The molecule has 2 atom stereocenters. The zero-order chi connectivity index (χ0) is 16.9. The molecule has 0 spiro atoms. The number of nitrogens with one attached hydrogen (secondary N) is 2. The summed E-state index contributed by atoms with van der Waals surface area (Å²) in [6, 6.07) is 0.591. The normalized spacial score (nSPS) is 27.8. The predicted octanol–water partition coefficient (Wildman–Crippen LogP) is 1.47. The highest BCUT2D eigenvalue weighted by molar-refractivity contribution is 14.0. The van der Waals surface area contributed by atoms with Gasteiger partial charge in [-0.25, -0.2) is 8.42 Å². The molecule has 6 nitrogen and oxygen atoms in total. The molecule has 2 saturated heterocycles. The minimum Gasteiger partial charge on any atom is -0.357 e. The summed E-state index contributed by atoms with van der Waals surface area (Å²) >= 11 is 0. The maximum Gasteiger partial charge on any atom is 0.191 e. The van der Waals surface area contributed by atoms with Crippen LogP contribution in [0.2, 0.25) is 0 Å². The highest BCUT2D eigenvalue weighted by Gasteiger charge is 2.28. The van der Waals surface area contributed by atoms with E-state index in [1.165, 1.54) is 19.4 Å². The van der Waals surface area contributed by atoms with Crippen molar-refractivity contribution in [2.75, 3.05) is 37.7 Å². The Labute approximate surface area is 164 Å². The van der Waals surface area contributed by atoms with Crippen LogP contribution in [-0.4, -0.2) is 69.0 Å². The number of nitrogens with zero attached hydrogens (tertiary/aromatic N) is 2. The van der Waals surface area contributed by atoms with Gasteiger partial charge in [0, 0.05) is 31.7 Å². The quantitative estimate of drug-likeness (QED) is 0.360. The Bertz CT molecular complexity index is 510. The summed E-state index contributed by atoms with van der Waals surface area (Å²) in [5, 5.41) is 6.53. The van der Waals surface area contributed by atoms with Crippen molar-refractivity contribution < 1.29 is 8.42 Å². The molecular weight excluding hydrogens is 439 g/mol. The number of likely N-dealkylation sites (tertiary alicyclic amines) is 1. The van der Waals surface area contributed by atoms with Crippen molar-refractivity contribution in [3.63, 3.8) is 0 Å². The fourth-order valence-electron chi connectivity index (χ4n) is 3.36. The molecule has 2 fully saturated rings. The third-order valence-corrected chi connectivity index (χ3v) is 6.47. The Kier molecular flexibility index (Phi) is 9.29. The van der Waals surface area contributed by atoms with E-state index in [0.717, 1.165) is 25.6 Å². The summed E-state index contributed by atoms with van der Waals surface area (Å²) in [4.78, 5) is 7.24. The van der Waals surface area contributed by atoms with Crippen LogP contribution in [0.3, 0.4) is 0 Å². The third kappa shape index (κ3) is 7.03. The van der Waals surface area contributed by atoms with Crippen LogP contribution < -0.4 is 10.6 Å². The van der Waals surface area contributed by atoms with Crippen molar-refractivity contribution in [3.8, 4) is 0 Å². The number of guanidine groups is 1. The fourth-order valence-corrected chi connectivity index (χ4v) is 5.03. The molecule has 2 aliphatic heterocycles. The van der Waals surface area contributed by atoms with Crippen molar-refractivity contribution in [1.82, 2.24) is 15.5 Å². The third-order valence-electron chi connectivity index (χ3n) is 4.71. The first kappa shape index (κ1) is 22.0. The highest BCUT2D eigenvalue weighted by atomic mass is 127. The van der Waals surface area contributed by atoms with Crippen LogP contribution in [0.25, 0.3) is 0 Å². The van der Waals surface area contributed by atoms with Crippen molar-refractivity contribution in [3.05, 3.63) is 0 Å². The van der Waals surface area contributed by atoms with Crippen LogP contribution in [-0.2, 0) is 9.84 Å². The van der Waals surface area contributed by atoms with Gasteiger partial charge >= 0.3 is 0 Å². The molecular formula is C16H33IN4O2S. The number of halogens is 1. The molecule has 0 aromatic carbocycles. The van der Waals surface area contributed by atoms with E-state index < -0.39 is 9.84 Å². The Morgan fingerprint density at radius 3 is 2.67 bits per heavy atom. The number of rotatable bonds is 5. The molecule has 0 aliphatic carbocycles. The molecule has 2 N–H and O–H groups in total. The van der Waals surface area contributed by atoms with E-state index in [0.29, 0.717) is 18.4 Å². The van der Waals surface area contributed by atoms with E-state index in [2.05, 4.69) is 29.4 Å². The molecule has 2 rings (SSSR count). The van der Waals surface area contributed by atoms with E-state index in [4.69, 9.17) is 4.99 Å². The molecule has 8 heteroatoms. The van der Waals surface area contributed by atoms with Gasteiger partial charge in [0.15, 0.2) is 15.8 Å². The smallest absolute Gasteiger partial charge is 0.191 e. The molecule has 24 heavy (non-hydrogen) atoms. The van der Waals surface area contributed by atoms with Gasteiger partial charge in [-0.1, -0.05) is 0 Å². The van der Waals surface area contributed by atoms with Gasteiger partial charge in [0.25, 0.3) is 0 Å². The van der Waals surface area contributed by atoms with Gasteiger partial charge in [0.2, 0.25) is 0 Å². The number of sulfone groups is 1. The number of hydrogen-bond donors (Lipinski definition) is 2. The monoisotopic (exact) mass is 472 g/mol. The Hall–Kier alpha value is -0.0900. The zero-order valence-corrected chi connectivity index (χ0v) is 18.3. The zero-order valence-electron chi connectivity index (χ0n) is 15.1. The van der Waals surface area contributed by atoms with E-state index in [1.54, 1.807) is 0 Å². The second-order valence-corrected chi connectivity index (χ2v) is 9.29. The Morgan fingerprint density at radius 1 is 1.33 bits per heavy atom. The second kappa shape index (κ2) is 10.2. The summed E-state index contributed by atoms with van der Waals surface area (Å²) in [5.41, 5.74) is 0. The maximum absolute atomic E-state index is 11.6. The van der Waals surface area contributed by atoms with Crippen molar-refractivity contribution >= 4 is 39.8 Å². The van der Waals surface area contributed by atoms with Crippen molar-refractivity contribution in [2.24, 2.45) is 10.9 Å². The summed E-state index contributed by atoms with van der Waals surface area (Å²) in [7, 11) is -2.86. The lowest BCUT2D eigenvalue weighted by atomic mass is 9.97. The largest absolute Gasteiger partial charge is 0.357 e. The summed E-state index contributed by atoms with van der Waals surface area (Å²) < 4.78 is 23.2. The summed E-state index contributed by atoms with van der Waals surface area (Å²) in [6.07, 6.45) is 3.14. The molecule has 0 bridgehead atoms. The van der Waals surface area contributed by atoms with Gasteiger partial charge in [-0.3, -0.25) is 4.99 Å². The van der Waals surface area contributed by atoms with E-state index in [9.17, 15) is 8.42 Å². The number of hydrogen-bond acceptors (Lipinski definition) is 4. The van der Waals surface area contributed by atoms with Gasteiger partial charge in [0.1, 0.15) is 0 Å². The average molecular weight is 472 g/mol. The predicted molar refractivity (Wildman–Crippen MR) is 111 cm³/mol. The lowest BCUT2D eigenvalue weighted by Crippen LogP contribution is -2.45. The lowest BCUT2D eigenvalue weighted by molar-refractivity contribution is 0.143. The molecule has 0 aromatic heterocycles. The number of aliphatic imine (C=N–C) groups is 1. The summed E-state index contributed by atoms with van der Waals surface area (Å²) in [6.45, 7) is 10.4. The van der Waals surface area contributed by atoms with Crippen LogP contribution in [0.4, 0.5) is 0 Å². The molecule has 0 amide bonds. The van der Waals surface area contributed by atoms with Gasteiger partial charge in [-0.05, 0) is 52.5 Å². The Balaban J connectivity index is 0.00000288. The summed E-state index contributed by atoms with van der Waals surface area (Å²) in [5.74, 6) is 1.86. The Morgan fingerprint density at radius 2 is 2.08 bits per heavy atom. The SMILES string of the molecule is CCNC(=NCC1CCCN(C(C)C)C1)NC1CCS(=O)(=O)C1.I. The number of piperidine rings is 1. The van der Waals surface area contributed by atoms with Crippen molar-refractivity contribution in [2.45, 2.75) is 52.1 Å². The second-order valence-electron chi connectivity index (χ2n) is 7.06. The van der Waals surface area contributed by atoms with Crippen LogP contribution in [0.15, 0.2) is 4.99 Å². The average Bonchev–Trinajstić information content (AvgIpc) is 2.84. The standard InChI is InChI=1S/C16H32N4O2S.HI/c1-4-17-16(19-15-7-9-23(21,22)12-15)18-10-14-6-5-8-20(11-14)13(2)3;/h13-15H,4-12H2,1-3H3,(H2,17,18,19);1H. The minimum absolute atomic E-state index is 0. The van der Waals surface area contributed by atoms with Crippen LogP contribution in [0.5, 0.6) is 0 Å². The molecule has 2 aliphatic rings. The maximum atomic E-state index is 11.6. The molecule has 0 radical (unpaired) electrons. The highest BCUT2D eigenvalue weighted by Crippen LogP contribution is 2.18. The van der Waals surface area contributed by atoms with Gasteiger partial charge < -0.3 is 15.5 Å². The van der Waals surface area contributed by atoms with Crippen molar-refractivity contribution in [1.29, 1.82) is 0 Å². The first-order chi connectivity index (χ1) is 10.9. The molecule has 0 aromatic rings. The topological polar surface area (TPSA) is 73.8 Å². The van der Waals surface area contributed by atoms with E-state index >= 15 is 0 Å². The molecule has 0 saturated carbocycles. The van der Waals surface area contributed by atoms with Crippen LogP contribution in [0, 0.1) is 5.92 Å². The van der Waals surface area contributed by atoms with Gasteiger partial charge in [-0.15, -0.1) is 24.0 Å². The van der Waals surface area contributed by atoms with E-state index in [-0.39, 0.29) is 41.5 Å². The fraction of sp³-hybridized carbons (Fsp3) is 0.938. The molecule has 2 heterocycles. The minimum atomic E-state index is -2.86. The van der Waals surface area contributed by atoms with Crippen LogP contribution in [0.1, 0.15) is 40.0 Å². The van der Waals surface area contributed by atoms with E-state index in [1.807, 2.05) is 6.92 Å².